The van der Waals surface area contributed by atoms with E-state index in [0.29, 0.717) is 11.1 Å². The lowest BCUT2D eigenvalue weighted by Crippen LogP contribution is -2.54. The Labute approximate surface area is 220 Å². The van der Waals surface area contributed by atoms with E-state index in [4.69, 9.17) is 14.2 Å². The highest BCUT2D eigenvalue weighted by Gasteiger charge is 2.38. The number of anilines is 1. The fourth-order valence-corrected chi connectivity index (χ4v) is 3.83. The standard InChI is InChI=1S/C27H21BrN2O7/c1-3-36-23-15-16(8-13-22(23)37-26(33)17-9-11-18(28)12-10-17)14-19-24(31)29-27(34)30(25(19)32)20-6-4-5-7-21(20)35-2/h4-15H,3H2,1-2H3,(H,29,31,34)/b19-14+. The fraction of sp³-hybridized carbons (Fsp3) is 0.111. The average Bonchev–Trinajstić information content (AvgIpc) is 2.88. The van der Waals surface area contributed by atoms with Crippen LogP contribution in [0.25, 0.3) is 6.08 Å². The molecule has 9 nitrogen and oxygen atoms in total. The van der Waals surface area contributed by atoms with Crippen molar-refractivity contribution in [1.82, 2.24) is 5.32 Å². The Kier molecular flexibility index (Phi) is 7.69. The zero-order chi connectivity index (χ0) is 26.5. The van der Waals surface area contributed by atoms with Crippen molar-refractivity contribution in [2.45, 2.75) is 6.92 Å². The summed E-state index contributed by atoms with van der Waals surface area (Å²) in [5.74, 6) is -1.54. The van der Waals surface area contributed by atoms with Crippen LogP contribution in [0.1, 0.15) is 22.8 Å². The molecular formula is C27H21BrN2O7. The molecule has 0 bridgehead atoms. The number of carbonyl (C=O) groups excluding carboxylic acids is 4. The quantitative estimate of drug-likeness (QED) is 0.191. The number of hydrogen-bond acceptors (Lipinski definition) is 7. The summed E-state index contributed by atoms with van der Waals surface area (Å²) in [5.41, 5.74) is 0.686. The van der Waals surface area contributed by atoms with E-state index in [1.165, 1.54) is 31.4 Å². The summed E-state index contributed by atoms with van der Waals surface area (Å²) in [6.45, 7) is 2.04. The Morgan fingerprint density at radius 1 is 0.973 bits per heavy atom. The summed E-state index contributed by atoms with van der Waals surface area (Å²) in [5, 5.41) is 2.18. The lowest BCUT2D eigenvalue weighted by atomic mass is 10.1. The molecule has 37 heavy (non-hydrogen) atoms. The maximum absolute atomic E-state index is 13.2. The Hall–Kier alpha value is -4.44. The van der Waals surface area contributed by atoms with Gasteiger partial charge in [-0.2, -0.15) is 0 Å². The Morgan fingerprint density at radius 3 is 2.41 bits per heavy atom. The van der Waals surface area contributed by atoms with Gasteiger partial charge in [-0.15, -0.1) is 0 Å². The Bertz CT molecular complexity index is 1420. The summed E-state index contributed by atoms with van der Waals surface area (Å²) < 4.78 is 17.2. The van der Waals surface area contributed by atoms with Crippen LogP contribution in [0.2, 0.25) is 0 Å². The molecule has 1 aliphatic heterocycles. The van der Waals surface area contributed by atoms with Gasteiger partial charge in [0.1, 0.15) is 11.3 Å². The SMILES string of the molecule is CCOc1cc(/C=C2\C(=O)NC(=O)N(c3ccccc3OC)C2=O)ccc1OC(=O)c1ccc(Br)cc1. The predicted octanol–water partition coefficient (Wildman–Crippen LogP) is 4.74. The topological polar surface area (TPSA) is 111 Å². The molecule has 188 valence electrons. The van der Waals surface area contributed by atoms with E-state index in [0.717, 1.165) is 9.37 Å². The second-order valence-corrected chi connectivity index (χ2v) is 8.58. The second kappa shape index (κ2) is 11.1. The molecule has 1 fully saturated rings. The fourth-order valence-electron chi connectivity index (χ4n) is 3.57. The van der Waals surface area contributed by atoms with Gasteiger partial charge in [-0.25, -0.2) is 14.5 Å². The number of halogens is 1. The second-order valence-electron chi connectivity index (χ2n) is 7.67. The zero-order valence-corrected chi connectivity index (χ0v) is 21.4. The van der Waals surface area contributed by atoms with Crippen LogP contribution in [-0.2, 0) is 9.59 Å². The van der Waals surface area contributed by atoms with Gasteiger partial charge in [-0.1, -0.05) is 34.1 Å². The van der Waals surface area contributed by atoms with Crippen LogP contribution in [0, 0.1) is 0 Å². The Morgan fingerprint density at radius 2 is 1.70 bits per heavy atom. The zero-order valence-electron chi connectivity index (χ0n) is 19.8. The van der Waals surface area contributed by atoms with Gasteiger partial charge in [-0.05, 0) is 67.1 Å². The number of ether oxygens (including phenoxy) is 3. The number of nitrogens with one attached hydrogen (secondary N) is 1. The van der Waals surface area contributed by atoms with Crippen LogP contribution in [-0.4, -0.2) is 37.5 Å². The van der Waals surface area contributed by atoms with E-state index in [1.54, 1.807) is 55.5 Å². The molecule has 3 aromatic rings. The molecule has 0 saturated carbocycles. The van der Waals surface area contributed by atoms with Crippen molar-refractivity contribution in [3.8, 4) is 17.2 Å². The molecule has 0 spiro atoms. The third-order valence-electron chi connectivity index (χ3n) is 5.29. The van der Waals surface area contributed by atoms with Gasteiger partial charge >= 0.3 is 12.0 Å². The van der Waals surface area contributed by atoms with Gasteiger partial charge < -0.3 is 14.2 Å². The highest BCUT2D eigenvalue weighted by molar-refractivity contribution is 9.10. The number of para-hydroxylation sites is 2. The monoisotopic (exact) mass is 564 g/mol. The van der Waals surface area contributed by atoms with E-state index in [9.17, 15) is 19.2 Å². The number of carbonyl (C=O) groups is 4. The molecular weight excluding hydrogens is 544 g/mol. The summed E-state index contributed by atoms with van der Waals surface area (Å²) in [4.78, 5) is 51.7. The third kappa shape index (κ3) is 5.54. The highest BCUT2D eigenvalue weighted by Crippen LogP contribution is 2.33. The molecule has 1 aliphatic rings. The van der Waals surface area contributed by atoms with Gasteiger partial charge in [0.05, 0.1) is 25.0 Å². The number of esters is 1. The third-order valence-corrected chi connectivity index (χ3v) is 5.82. The number of benzene rings is 3. The number of nitrogens with zero attached hydrogens (tertiary/aromatic N) is 1. The lowest BCUT2D eigenvalue weighted by molar-refractivity contribution is -0.122. The molecule has 0 radical (unpaired) electrons. The van der Waals surface area contributed by atoms with Crippen LogP contribution in [0.4, 0.5) is 10.5 Å². The molecule has 3 aromatic carbocycles. The van der Waals surface area contributed by atoms with E-state index >= 15 is 0 Å². The minimum Gasteiger partial charge on any atom is -0.495 e. The normalized spacial score (nSPS) is 14.4. The summed E-state index contributed by atoms with van der Waals surface area (Å²) in [7, 11) is 1.41. The molecule has 1 saturated heterocycles. The van der Waals surface area contributed by atoms with E-state index in [-0.39, 0.29) is 35.1 Å². The van der Waals surface area contributed by atoms with Crippen molar-refractivity contribution in [3.63, 3.8) is 0 Å². The molecule has 4 rings (SSSR count). The summed E-state index contributed by atoms with van der Waals surface area (Å²) in [6.07, 6.45) is 1.33. The van der Waals surface area contributed by atoms with Gasteiger partial charge in [0.25, 0.3) is 11.8 Å². The molecule has 10 heteroatoms. The number of methoxy groups -OCH3 is 1. The molecule has 1 N–H and O–H groups in total. The molecule has 4 amide bonds. The van der Waals surface area contributed by atoms with Gasteiger partial charge in [-0.3, -0.25) is 14.9 Å². The summed E-state index contributed by atoms with van der Waals surface area (Å²) >= 11 is 3.32. The first-order valence-corrected chi connectivity index (χ1v) is 11.9. The van der Waals surface area contributed by atoms with Crippen molar-refractivity contribution >= 4 is 51.5 Å². The van der Waals surface area contributed by atoms with Crippen LogP contribution < -0.4 is 24.4 Å². The van der Waals surface area contributed by atoms with Gasteiger partial charge in [0.2, 0.25) is 0 Å². The van der Waals surface area contributed by atoms with Crippen LogP contribution in [0.15, 0.2) is 76.8 Å². The molecule has 0 atom stereocenters. The van der Waals surface area contributed by atoms with Gasteiger partial charge in [0, 0.05) is 4.47 Å². The largest absolute Gasteiger partial charge is 0.495 e. The highest BCUT2D eigenvalue weighted by atomic mass is 79.9. The summed E-state index contributed by atoms with van der Waals surface area (Å²) in [6, 6.07) is 16.9. The minimum atomic E-state index is -0.887. The van der Waals surface area contributed by atoms with E-state index < -0.39 is 23.8 Å². The predicted molar refractivity (Wildman–Crippen MR) is 139 cm³/mol. The van der Waals surface area contributed by atoms with Crippen molar-refractivity contribution in [3.05, 3.63) is 87.9 Å². The maximum atomic E-state index is 13.2. The number of rotatable bonds is 7. The first-order chi connectivity index (χ1) is 17.8. The molecule has 1 heterocycles. The average molecular weight is 565 g/mol. The van der Waals surface area contributed by atoms with Crippen LogP contribution in [0.5, 0.6) is 17.2 Å². The Balaban J connectivity index is 1.65. The van der Waals surface area contributed by atoms with Crippen molar-refractivity contribution < 1.29 is 33.4 Å². The van der Waals surface area contributed by atoms with E-state index in [2.05, 4.69) is 21.2 Å². The van der Waals surface area contributed by atoms with Crippen LogP contribution >= 0.6 is 15.9 Å². The number of imide groups is 2. The molecule has 0 aliphatic carbocycles. The number of urea groups is 1. The van der Waals surface area contributed by atoms with Crippen LogP contribution in [0.3, 0.4) is 0 Å². The lowest BCUT2D eigenvalue weighted by Gasteiger charge is -2.27. The first kappa shape index (κ1) is 25.6. The maximum Gasteiger partial charge on any atom is 0.343 e. The molecule has 0 unspecified atom stereocenters. The molecule has 0 aromatic heterocycles. The van der Waals surface area contributed by atoms with E-state index in [1.807, 2.05) is 0 Å². The van der Waals surface area contributed by atoms with Crippen molar-refractivity contribution in [1.29, 1.82) is 0 Å². The smallest absolute Gasteiger partial charge is 0.343 e. The van der Waals surface area contributed by atoms with Crippen molar-refractivity contribution in [2.24, 2.45) is 0 Å². The first-order valence-electron chi connectivity index (χ1n) is 11.1. The minimum absolute atomic E-state index is 0.169. The number of amides is 4. The number of barbiturate groups is 1. The number of hydrogen-bond donors (Lipinski definition) is 1. The van der Waals surface area contributed by atoms with Crippen molar-refractivity contribution in [2.75, 3.05) is 18.6 Å². The van der Waals surface area contributed by atoms with Gasteiger partial charge in [0.15, 0.2) is 11.5 Å².